The van der Waals surface area contributed by atoms with Crippen LogP contribution in [0.1, 0.15) is 23.7 Å². The lowest BCUT2D eigenvalue weighted by Crippen LogP contribution is -2.30. The Bertz CT molecular complexity index is 597. The van der Waals surface area contributed by atoms with Crippen molar-refractivity contribution in [3.8, 4) is 0 Å². The number of rotatable bonds is 2. The molecule has 2 nitrogen and oxygen atoms in total. The van der Waals surface area contributed by atoms with Gasteiger partial charge in [-0.3, -0.25) is 4.79 Å². The van der Waals surface area contributed by atoms with Crippen LogP contribution in [0.15, 0.2) is 42.5 Å². The second kappa shape index (κ2) is 4.21. The van der Waals surface area contributed by atoms with Gasteiger partial charge in [0.15, 0.2) is 5.78 Å². The van der Waals surface area contributed by atoms with Gasteiger partial charge in [-0.25, -0.2) is 0 Å². The summed E-state index contributed by atoms with van der Waals surface area (Å²) in [5.41, 5.74) is 0.600. The molecule has 3 rings (SSSR count). The maximum Gasteiger partial charge on any atom is 0.170 e. The van der Waals surface area contributed by atoms with E-state index in [1.54, 1.807) is 0 Å². The van der Waals surface area contributed by atoms with Crippen molar-refractivity contribution in [2.24, 2.45) is 5.41 Å². The second-order valence-corrected chi connectivity index (χ2v) is 5.38. The molecule has 92 valence electrons. The minimum Gasteiger partial charge on any atom is -0.316 e. The lowest BCUT2D eigenvalue weighted by atomic mass is 9.81. The molecule has 1 atom stereocenters. The third-order valence-corrected chi connectivity index (χ3v) is 3.93. The van der Waals surface area contributed by atoms with Gasteiger partial charge in [-0.1, -0.05) is 43.3 Å². The summed E-state index contributed by atoms with van der Waals surface area (Å²) in [6.45, 7) is 3.79. The molecule has 0 saturated carbocycles. The van der Waals surface area contributed by atoms with Gasteiger partial charge in [0.1, 0.15) is 0 Å². The summed E-state index contributed by atoms with van der Waals surface area (Å²) in [5.74, 6) is 0.262. The number of carbonyl (C=O) groups excluding carboxylic acids is 1. The smallest absolute Gasteiger partial charge is 0.170 e. The average Bonchev–Trinajstić information content (AvgIpc) is 2.85. The lowest BCUT2D eigenvalue weighted by Gasteiger charge is -2.21. The molecule has 1 saturated heterocycles. The van der Waals surface area contributed by atoms with Crippen LogP contribution in [0.5, 0.6) is 0 Å². The van der Waals surface area contributed by atoms with Crippen molar-refractivity contribution in [1.82, 2.24) is 5.32 Å². The highest BCUT2D eigenvalue weighted by Crippen LogP contribution is 2.30. The van der Waals surface area contributed by atoms with Gasteiger partial charge in [0.25, 0.3) is 0 Å². The molecule has 1 aliphatic rings. The number of hydrogen-bond donors (Lipinski definition) is 1. The minimum absolute atomic E-state index is 0.234. The van der Waals surface area contributed by atoms with Crippen LogP contribution in [0, 0.1) is 5.41 Å². The Hall–Kier alpha value is -1.67. The highest BCUT2D eigenvalue weighted by atomic mass is 16.1. The van der Waals surface area contributed by atoms with Crippen LogP contribution < -0.4 is 5.32 Å². The zero-order valence-electron chi connectivity index (χ0n) is 10.6. The molecular weight excluding hydrogens is 222 g/mol. The van der Waals surface area contributed by atoms with Crippen LogP contribution in [0.3, 0.4) is 0 Å². The van der Waals surface area contributed by atoms with Crippen molar-refractivity contribution in [3.63, 3.8) is 0 Å². The van der Waals surface area contributed by atoms with Gasteiger partial charge in [0.05, 0.1) is 0 Å². The molecule has 1 aliphatic heterocycles. The van der Waals surface area contributed by atoms with Crippen LogP contribution in [0.25, 0.3) is 10.8 Å². The first-order valence-corrected chi connectivity index (χ1v) is 6.43. The largest absolute Gasteiger partial charge is 0.316 e. The molecule has 0 aliphatic carbocycles. The Morgan fingerprint density at radius 1 is 1.17 bits per heavy atom. The van der Waals surface area contributed by atoms with Gasteiger partial charge >= 0.3 is 0 Å². The molecule has 0 bridgehead atoms. The predicted octanol–water partition coefficient (Wildman–Crippen LogP) is 3.02. The molecule has 1 N–H and O–H groups in total. The van der Waals surface area contributed by atoms with Crippen molar-refractivity contribution in [2.75, 3.05) is 13.1 Å². The summed E-state index contributed by atoms with van der Waals surface area (Å²) in [4.78, 5) is 12.6. The standard InChI is InChI=1S/C16H17NO/c1-16(8-9-17-11-16)15(18)14-7-6-12-4-2-3-5-13(12)10-14/h2-7,10,17H,8-9,11H2,1H3. The van der Waals surface area contributed by atoms with Gasteiger partial charge in [0.2, 0.25) is 0 Å². The third kappa shape index (κ3) is 1.83. The number of carbonyl (C=O) groups is 1. The molecule has 0 aromatic heterocycles. The first-order chi connectivity index (χ1) is 8.69. The van der Waals surface area contributed by atoms with Gasteiger partial charge in [-0.05, 0) is 29.8 Å². The van der Waals surface area contributed by atoms with E-state index in [1.165, 1.54) is 5.39 Å². The topological polar surface area (TPSA) is 29.1 Å². The second-order valence-electron chi connectivity index (χ2n) is 5.38. The quantitative estimate of drug-likeness (QED) is 0.816. The minimum atomic E-state index is -0.234. The molecule has 1 heterocycles. The third-order valence-electron chi connectivity index (χ3n) is 3.93. The Morgan fingerprint density at radius 3 is 2.67 bits per heavy atom. The summed E-state index contributed by atoms with van der Waals surface area (Å²) in [6, 6.07) is 14.2. The van der Waals surface area contributed by atoms with Crippen LogP contribution >= 0.6 is 0 Å². The van der Waals surface area contributed by atoms with E-state index in [0.29, 0.717) is 0 Å². The summed E-state index contributed by atoms with van der Waals surface area (Å²) in [6.07, 6.45) is 0.929. The summed E-state index contributed by atoms with van der Waals surface area (Å²) in [7, 11) is 0. The molecule has 0 amide bonds. The van der Waals surface area contributed by atoms with E-state index in [-0.39, 0.29) is 11.2 Å². The molecular formula is C16H17NO. The molecule has 1 unspecified atom stereocenters. The van der Waals surface area contributed by atoms with E-state index in [4.69, 9.17) is 0 Å². The summed E-state index contributed by atoms with van der Waals surface area (Å²) in [5, 5.41) is 5.60. The fraction of sp³-hybridized carbons (Fsp3) is 0.312. The van der Waals surface area contributed by atoms with Crippen molar-refractivity contribution < 1.29 is 4.79 Å². The normalized spacial score (nSPS) is 23.4. The monoisotopic (exact) mass is 239 g/mol. The number of Topliss-reactive ketones (excluding diaryl/α,β-unsaturated/α-hetero) is 1. The summed E-state index contributed by atoms with van der Waals surface area (Å²) < 4.78 is 0. The van der Waals surface area contributed by atoms with Gasteiger partial charge in [-0.2, -0.15) is 0 Å². The van der Waals surface area contributed by atoms with Crippen molar-refractivity contribution in [3.05, 3.63) is 48.0 Å². The van der Waals surface area contributed by atoms with E-state index in [2.05, 4.69) is 24.4 Å². The highest BCUT2D eigenvalue weighted by molar-refractivity contribution is 6.03. The van der Waals surface area contributed by atoms with E-state index in [9.17, 15) is 4.79 Å². The zero-order chi connectivity index (χ0) is 12.6. The van der Waals surface area contributed by atoms with Gasteiger partial charge < -0.3 is 5.32 Å². The number of hydrogen-bond acceptors (Lipinski definition) is 2. The van der Waals surface area contributed by atoms with Crippen LogP contribution in [0.4, 0.5) is 0 Å². The molecule has 18 heavy (non-hydrogen) atoms. The molecule has 1 fully saturated rings. The number of ketones is 1. The van der Waals surface area contributed by atoms with Crippen LogP contribution in [-0.4, -0.2) is 18.9 Å². The predicted molar refractivity (Wildman–Crippen MR) is 73.9 cm³/mol. The highest BCUT2D eigenvalue weighted by Gasteiger charge is 2.36. The Kier molecular flexibility index (Phi) is 2.67. The van der Waals surface area contributed by atoms with Crippen molar-refractivity contribution in [2.45, 2.75) is 13.3 Å². The zero-order valence-corrected chi connectivity index (χ0v) is 10.6. The van der Waals surface area contributed by atoms with E-state index >= 15 is 0 Å². The Morgan fingerprint density at radius 2 is 1.94 bits per heavy atom. The average molecular weight is 239 g/mol. The Labute approximate surface area is 107 Å². The number of nitrogens with one attached hydrogen (secondary N) is 1. The lowest BCUT2D eigenvalue weighted by molar-refractivity contribution is 0.0839. The molecule has 0 radical (unpaired) electrons. The maximum atomic E-state index is 12.6. The van der Waals surface area contributed by atoms with E-state index in [0.717, 1.165) is 30.5 Å². The fourth-order valence-electron chi connectivity index (χ4n) is 2.69. The van der Waals surface area contributed by atoms with Crippen LogP contribution in [0.2, 0.25) is 0 Å². The summed E-state index contributed by atoms with van der Waals surface area (Å²) >= 11 is 0. The molecule has 2 heteroatoms. The SMILES string of the molecule is CC1(C(=O)c2ccc3ccccc3c2)CCNC1. The van der Waals surface area contributed by atoms with Crippen molar-refractivity contribution >= 4 is 16.6 Å². The first kappa shape index (κ1) is 11.4. The fourth-order valence-corrected chi connectivity index (χ4v) is 2.69. The van der Waals surface area contributed by atoms with Crippen molar-refractivity contribution in [1.29, 1.82) is 0 Å². The molecule has 0 spiro atoms. The number of fused-ring (bicyclic) bond motifs is 1. The molecule has 2 aromatic carbocycles. The van der Waals surface area contributed by atoms with Gasteiger partial charge in [0, 0.05) is 17.5 Å². The van der Waals surface area contributed by atoms with Crippen LogP contribution in [-0.2, 0) is 0 Å². The Balaban J connectivity index is 2.01. The number of benzene rings is 2. The molecule has 2 aromatic rings. The van der Waals surface area contributed by atoms with Gasteiger partial charge in [-0.15, -0.1) is 0 Å². The van der Waals surface area contributed by atoms with E-state index in [1.807, 2.05) is 30.3 Å². The maximum absolute atomic E-state index is 12.6. The first-order valence-electron chi connectivity index (χ1n) is 6.43. The van der Waals surface area contributed by atoms with E-state index < -0.39 is 0 Å².